The van der Waals surface area contributed by atoms with Gasteiger partial charge >= 0.3 is 5.97 Å². The van der Waals surface area contributed by atoms with E-state index in [1.807, 2.05) is 30.3 Å². The lowest BCUT2D eigenvalue weighted by molar-refractivity contribution is -0.138. The van der Waals surface area contributed by atoms with Crippen LogP contribution in [-0.4, -0.2) is 15.6 Å². The van der Waals surface area contributed by atoms with E-state index in [0.29, 0.717) is 0 Å². The molecular formula is C12H11NO2. The Kier molecular flexibility index (Phi) is 1.63. The van der Waals surface area contributed by atoms with Crippen LogP contribution in [0.1, 0.15) is 18.0 Å². The maximum Gasteiger partial charge on any atom is 0.312 e. The van der Waals surface area contributed by atoms with E-state index in [2.05, 4.69) is 4.57 Å². The first-order valence-electron chi connectivity index (χ1n) is 5.08. The van der Waals surface area contributed by atoms with E-state index in [1.165, 1.54) is 0 Å². The summed E-state index contributed by atoms with van der Waals surface area (Å²) >= 11 is 0. The number of aromatic nitrogens is 1. The Labute approximate surface area is 86.9 Å². The molecule has 0 aliphatic carbocycles. The van der Waals surface area contributed by atoms with E-state index in [-0.39, 0.29) is 5.92 Å². The van der Waals surface area contributed by atoms with Crippen molar-refractivity contribution in [2.75, 3.05) is 0 Å². The van der Waals surface area contributed by atoms with Crippen LogP contribution in [0.2, 0.25) is 0 Å². The van der Waals surface area contributed by atoms with Crippen LogP contribution in [0.3, 0.4) is 0 Å². The number of benzene rings is 1. The van der Waals surface area contributed by atoms with Gasteiger partial charge in [-0.25, -0.2) is 0 Å². The Morgan fingerprint density at radius 3 is 3.00 bits per heavy atom. The first-order chi connectivity index (χ1) is 7.27. The number of carbonyl (C=O) groups is 1. The van der Waals surface area contributed by atoms with Crippen molar-refractivity contribution >= 4 is 16.9 Å². The lowest BCUT2D eigenvalue weighted by Gasteiger charge is -2.00. The predicted molar refractivity (Wildman–Crippen MR) is 56.9 cm³/mol. The van der Waals surface area contributed by atoms with Crippen molar-refractivity contribution in [3.63, 3.8) is 0 Å². The van der Waals surface area contributed by atoms with Crippen molar-refractivity contribution in [2.24, 2.45) is 0 Å². The molecule has 2 heterocycles. The van der Waals surface area contributed by atoms with Crippen molar-refractivity contribution < 1.29 is 9.90 Å². The molecule has 0 saturated heterocycles. The van der Waals surface area contributed by atoms with E-state index in [9.17, 15) is 4.79 Å². The molecule has 3 nitrogen and oxygen atoms in total. The van der Waals surface area contributed by atoms with Gasteiger partial charge in [0.1, 0.15) is 0 Å². The molecule has 1 unspecified atom stereocenters. The van der Waals surface area contributed by atoms with Crippen LogP contribution in [0.5, 0.6) is 0 Å². The van der Waals surface area contributed by atoms with Crippen LogP contribution in [0.4, 0.5) is 0 Å². The number of hydrogen-bond donors (Lipinski definition) is 1. The third kappa shape index (κ3) is 1.09. The first kappa shape index (κ1) is 8.53. The fourth-order valence-corrected chi connectivity index (χ4v) is 2.43. The highest BCUT2D eigenvalue weighted by molar-refractivity contribution is 5.85. The van der Waals surface area contributed by atoms with Crippen molar-refractivity contribution in [3.8, 4) is 0 Å². The summed E-state index contributed by atoms with van der Waals surface area (Å²) in [5.41, 5.74) is 2.10. The van der Waals surface area contributed by atoms with E-state index in [1.54, 1.807) is 0 Å². The number of aliphatic carboxylic acids is 1. The number of carboxylic acids is 1. The van der Waals surface area contributed by atoms with Gasteiger partial charge in [0, 0.05) is 17.8 Å². The van der Waals surface area contributed by atoms with Crippen LogP contribution in [-0.2, 0) is 11.3 Å². The average molecular weight is 201 g/mol. The Hall–Kier alpha value is -1.77. The monoisotopic (exact) mass is 201 g/mol. The summed E-state index contributed by atoms with van der Waals surface area (Å²) in [5.74, 6) is -1.03. The zero-order valence-corrected chi connectivity index (χ0v) is 8.18. The van der Waals surface area contributed by atoms with Crippen LogP contribution < -0.4 is 0 Å². The standard InChI is InChI=1S/C12H11NO2/c14-12(15)9-5-6-13-10-4-2-1-3-8(10)7-11(9)13/h1-4,7,9H,5-6H2,(H,14,15). The van der Waals surface area contributed by atoms with Gasteiger partial charge in [0.25, 0.3) is 0 Å². The number of aryl methyl sites for hydroxylation is 1. The molecule has 1 aromatic carbocycles. The molecule has 15 heavy (non-hydrogen) atoms. The third-order valence-electron chi connectivity index (χ3n) is 3.14. The number of hydrogen-bond acceptors (Lipinski definition) is 1. The second kappa shape index (κ2) is 2.86. The maximum absolute atomic E-state index is 11.0. The van der Waals surface area contributed by atoms with Gasteiger partial charge in [-0.1, -0.05) is 18.2 Å². The Morgan fingerprint density at radius 2 is 2.20 bits per heavy atom. The molecule has 1 atom stereocenters. The molecule has 3 heteroatoms. The van der Waals surface area contributed by atoms with Crippen LogP contribution in [0.25, 0.3) is 10.9 Å². The van der Waals surface area contributed by atoms with Gasteiger partial charge < -0.3 is 9.67 Å². The minimum absolute atomic E-state index is 0.322. The van der Waals surface area contributed by atoms with Gasteiger partial charge in [-0.05, 0) is 23.9 Å². The molecule has 0 saturated carbocycles. The molecule has 76 valence electrons. The van der Waals surface area contributed by atoms with Gasteiger partial charge in [0.2, 0.25) is 0 Å². The van der Waals surface area contributed by atoms with Crippen molar-refractivity contribution in [2.45, 2.75) is 18.9 Å². The molecular weight excluding hydrogens is 190 g/mol. The largest absolute Gasteiger partial charge is 0.481 e. The van der Waals surface area contributed by atoms with Crippen molar-refractivity contribution in [1.29, 1.82) is 0 Å². The number of para-hydroxylation sites is 1. The predicted octanol–water partition coefficient (Wildman–Crippen LogP) is 2.21. The fourth-order valence-electron chi connectivity index (χ4n) is 2.43. The van der Waals surface area contributed by atoms with Gasteiger partial charge in [-0.3, -0.25) is 4.79 Å². The summed E-state index contributed by atoms with van der Waals surface area (Å²) in [7, 11) is 0. The van der Waals surface area contributed by atoms with Crippen LogP contribution >= 0.6 is 0 Å². The van der Waals surface area contributed by atoms with Crippen molar-refractivity contribution in [1.82, 2.24) is 4.57 Å². The smallest absolute Gasteiger partial charge is 0.312 e. The molecule has 1 N–H and O–H groups in total. The number of nitrogens with zero attached hydrogens (tertiary/aromatic N) is 1. The quantitative estimate of drug-likeness (QED) is 0.768. The summed E-state index contributed by atoms with van der Waals surface area (Å²) in [4.78, 5) is 11.0. The number of fused-ring (bicyclic) bond motifs is 3. The minimum Gasteiger partial charge on any atom is -0.481 e. The topological polar surface area (TPSA) is 42.2 Å². The molecule has 1 aliphatic rings. The highest BCUT2D eigenvalue weighted by Gasteiger charge is 2.29. The van der Waals surface area contributed by atoms with Gasteiger partial charge in [0.15, 0.2) is 0 Å². The summed E-state index contributed by atoms with van der Waals surface area (Å²) in [5, 5.41) is 10.2. The molecule has 0 radical (unpaired) electrons. The van der Waals surface area contributed by atoms with E-state index in [0.717, 1.165) is 29.6 Å². The van der Waals surface area contributed by atoms with Crippen LogP contribution in [0.15, 0.2) is 30.3 Å². The molecule has 0 fully saturated rings. The van der Waals surface area contributed by atoms with Crippen LogP contribution in [0, 0.1) is 0 Å². The zero-order valence-electron chi connectivity index (χ0n) is 8.18. The summed E-state index contributed by atoms with van der Waals surface area (Å²) < 4.78 is 2.12. The lowest BCUT2D eigenvalue weighted by atomic mass is 10.1. The highest BCUT2D eigenvalue weighted by Crippen LogP contribution is 2.33. The Bertz CT molecular complexity index is 542. The highest BCUT2D eigenvalue weighted by atomic mass is 16.4. The number of carboxylic acid groups (broad SMARTS) is 1. The lowest BCUT2D eigenvalue weighted by Crippen LogP contribution is -2.07. The first-order valence-corrected chi connectivity index (χ1v) is 5.08. The maximum atomic E-state index is 11.0. The minimum atomic E-state index is -0.712. The molecule has 0 amide bonds. The number of rotatable bonds is 1. The molecule has 1 aromatic heterocycles. The molecule has 2 aromatic rings. The second-order valence-corrected chi connectivity index (χ2v) is 3.96. The molecule has 0 spiro atoms. The van der Waals surface area contributed by atoms with E-state index < -0.39 is 5.97 Å². The van der Waals surface area contributed by atoms with E-state index >= 15 is 0 Å². The van der Waals surface area contributed by atoms with Crippen molar-refractivity contribution in [3.05, 3.63) is 36.0 Å². The zero-order chi connectivity index (χ0) is 10.4. The fraction of sp³-hybridized carbons (Fsp3) is 0.250. The summed E-state index contributed by atoms with van der Waals surface area (Å²) in [6.45, 7) is 0.819. The molecule has 3 rings (SSSR count). The molecule has 1 aliphatic heterocycles. The SMILES string of the molecule is O=C(O)C1CCn2c1cc1ccccc12. The van der Waals surface area contributed by atoms with Gasteiger partial charge in [-0.15, -0.1) is 0 Å². The third-order valence-corrected chi connectivity index (χ3v) is 3.14. The van der Waals surface area contributed by atoms with Gasteiger partial charge in [0.05, 0.1) is 5.92 Å². The van der Waals surface area contributed by atoms with Gasteiger partial charge in [-0.2, -0.15) is 0 Å². The summed E-state index contributed by atoms with van der Waals surface area (Å²) in [6.07, 6.45) is 0.718. The summed E-state index contributed by atoms with van der Waals surface area (Å²) in [6, 6.07) is 10.0. The van der Waals surface area contributed by atoms with E-state index in [4.69, 9.17) is 5.11 Å². The average Bonchev–Trinajstić information content (AvgIpc) is 2.74. The normalized spacial score (nSPS) is 19.3. The molecule has 0 bridgehead atoms. The Morgan fingerprint density at radius 1 is 1.40 bits per heavy atom. The second-order valence-electron chi connectivity index (χ2n) is 3.96. The Balaban J connectivity index is 2.25.